The van der Waals surface area contributed by atoms with Crippen molar-refractivity contribution in [1.29, 1.82) is 0 Å². The van der Waals surface area contributed by atoms with E-state index < -0.39 is 18.0 Å². The van der Waals surface area contributed by atoms with E-state index in [1.54, 1.807) is 24.3 Å². The van der Waals surface area contributed by atoms with Crippen LogP contribution in [0.2, 0.25) is 0 Å². The summed E-state index contributed by atoms with van der Waals surface area (Å²) in [4.78, 5) is 11.0. The lowest BCUT2D eigenvalue weighted by molar-refractivity contribution is -0.146. The second kappa shape index (κ2) is 6.66. The molecule has 0 aliphatic heterocycles. The van der Waals surface area contributed by atoms with Gasteiger partial charge in [-0.15, -0.1) is 0 Å². The lowest BCUT2D eigenvalue weighted by atomic mass is 9.92. The van der Waals surface area contributed by atoms with E-state index in [2.05, 4.69) is 15.9 Å². The zero-order chi connectivity index (χ0) is 12.0. The normalized spacial score (nSPS) is 14.4. The Balaban J connectivity index is 2.75. The van der Waals surface area contributed by atoms with Crippen molar-refractivity contribution >= 4 is 21.9 Å². The van der Waals surface area contributed by atoms with E-state index >= 15 is 0 Å². The van der Waals surface area contributed by atoms with Crippen molar-refractivity contribution in [2.24, 2.45) is 5.92 Å². The molecule has 1 aromatic carbocycles. The first-order chi connectivity index (χ1) is 7.66. The van der Waals surface area contributed by atoms with Crippen LogP contribution in [0.25, 0.3) is 0 Å². The molecule has 16 heavy (non-hydrogen) atoms. The van der Waals surface area contributed by atoms with Crippen molar-refractivity contribution < 1.29 is 15.0 Å². The van der Waals surface area contributed by atoms with Crippen LogP contribution >= 0.6 is 15.9 Å². The highest BCUT2D eigenvalue weighted by atomic mass is 79.9. The van der Waals surface area contributed by atoms with Crippen molar-refractivity contribution in [2.45, 2.75) is 18.9 Å². The van der Waals surface area contributed by atoms with Crippen molar-refractivity contribution in [3.63, 3.8) is 0 Å². The van der Waals surface area contributed by atoms with E-state index in [-0.39, 0.29) is 0 Å². The van der Waals surface area contributed by atoms with E-state index in [0.29, 0.717) is 12.0 Å². The summed E-state index contributed by atoms with van der Waals surface area (Å²) >= 11 is 3.26. The third-order valence-corrected chi connectivity index (χ3v) is 3.05. The van der Waals surface area contributed by atoms with Crippen LogP contribution in [0, 0.1) is 5.92 Å². The van der Waals surface area contributed by atoms with E-state index in [9.17, 15) is 9.90 Å². The molecule has 2 N–H and O–H groups in total. The molecule has 0 fully saturated rings. The first kappa shape index (κ1) is 13.2. The number of rotatable bonds is 6. The number of halogens is 1. The first-order valence-corrected chi connectivity index (χ1v) is 6.30. The summed E-state index contributed by atoms with van der Waals surface area (Å²) < 4.78 is 0. The highest BCUT2D eigenvalue weighted by molar-refractivity contribution is 9.09. The number of hydrogen-bond donors (Lipinski definition) is 2. The maximum atomic E-state index is 11.0. The van der Waals surface area contributed by atoms with E-state index in [4.69, 9.17) is 5.11 Å². The highest BCUT2D eigenvalue weighted by Gasteiger charge is 2.26. The molecule has 0 aliphatic rings. The first-order valence-electron chi connectivity index (χ1n) is 5.18. The van der Waals surface area contributed by atoms with E-state index in [0.717, 1.165) is 11.8 Å². The van der Waals surface area contributed by atoms with Gasteiger partial charge in [-0.1, -0.05) is 46.3 Å². The van der Waals surface area contributed by atoms with Gasteiger partial charge >= 0.3 is 5.97 Å². The van der Waals surface area contributed by atoms with Gasteiger partial charge < -0.3 is 10.2 Å². The summed E-state index contributed by atoms with van der Waals surface area (Å²) in [6.45, 7) is 0. The fraction of sp³-hybridized carbons (Fsp3) is 0.417. The Labute approximate surface area is 103 Å². The average Bonchev–Trinajstić information content (AvgIpc) is 2.30. The molecule has 0 radical (unpaired) electrons. The van der Waals surface area contributed by atoms with E-state index in [1.165, 1.54) is 0 Å². The van der Waals surface area contributed by atoms with Crippen LogP contribution in [0.1, 0.15) is 24.5 Å². The summed E-state index contributed by atoms with van der Waals surface area (Å²) in [5.74, 6) is -1.68. The van der Waals surface area contributed by atoms with Crippen molar-refractivity contribution in [2.75, 3.05) is 5.33 Å². The van der Waals surface area contributed by atoms with Crippen LogP contribution in [0.3, 0.4) is 0 Å². The maximum Gasteiger partial charge on any atom is 0.309 e. The minimum atomic E-state index is -0.947. The molecular formula is C12H15BrO3. The molecule has 0 saturated carbocycles. The Bertz CT molecular complexity index is 326. The molecule has 0 unspecified atom stereocenters. The predicted molar refractivity (Wildman–Crippen MR) is 65.6 cm³/mol. The summed E-state index contributed by atoms with van der Waals surface area (Å²) in [5.41, 5.74) is 0.657. The molecule has 4 heteroatoms. The average molecular weight is 287 g/mol. The Morgan fingerprint density at radius 2 is 1.94 bits per heavy atom. The number of aliphatic carboxylic acids is 1. The van der Waals surface area contributed by atoms with Crippen LogP contribution in [-0.4, -0.2) is 21.5 Å². The quantitative estimate of drug-likeness (QED) is 0.791. The van der Waals surface area contributed by atoms with Crippen molar-refractivity contribution in [1.82, 2.24) is 0 Å². The lowest BCUT2D eigenvalue weighted by Gasteiger charge is -2.18. The Hall–Kier alpha value is -0.870. The largest absolute Gasteiger partial charge is 0.481 e. The lowest BCUT2D eigenvalue weighted by Crippen LogP contribution is -2.22. The minimum absolute atomic E-state index is 0.469. The van der Waals surface area contributed by atoms with Crippen molar-refractivity contribution in [3.8, 4) is 0 Å². The van der Waals surface area contributed by atoms with Crippen LogP contribution in [0.15, 0.2) is 30.3 Å². The summed E-state index contributed by atoms with van der Waals surface area (Å²) in [7, 11) is 0. The number of aliphatic hydroxyl groups excluding tert-OH is 1. The van der Waals surface area contributed by atoms with Gasteiger partial charge in [-0.2, -0.15) is 0 Å². The van der Waals surface area contributed by atoms with Gasteiger partial charge in [0.15, 0.2) is 0 Å². The third kappa shape index (κ3) is 3.61. The number of carboxylic acids is 1. The molecule has 0 amide bonds. The van der Waals surface area contributed by atoms with Gasteiger partial charge in [-0.05, 0) is 18.4 Å². The number of carbonyl (C=O) groups is 1. The van der Waals surface area contributed by atoms with Gasteiger partial charge in [0.2, 0.25) is 0 Å². The molecular weight excluding hydrogens is 272 g/mol. The molecule has 1 rings (SSSR count). The molecule has 0 heterocycles. The fourth-order valence-electron chi connectivity index (χ4n) is 1.60. The van der Waals surface area contributed by atoms with Gasteiger partial charge in [0.05, 0.1) is 12.0 Å². The topological polar surface area (TPSA) is 57.5 Å². The Kier molecular flexibility index (Phi) is 5.49. The van der Waals surface area contributed by atoms with Crippen LogP contribution in [0.5, 0.6) is 0 Å². The van der Waals surface area contributed by atoms with Crippen molar-refractivity contribution in [3.05, 3.63) is 35.9 Å². The number of carboxylic acid groups (broad SMARTS) is 1. The smallest absolute Gasteiger partial charge is 0.309 e. The maximum absolute atomic E-state index is 11.0. The summed E-state index contributed by atoms with van der Waals surface area (Å²) in [5, 5.41) is 19.8. The standard InChI is InChI=1S/C12H15BrO3/c13-8-4-7-10(12(15)16)11(14)9-5-2-1-3-6-9/h1-3,5-6,10-11,14H,4,7-8H2,(H,15,16)/t10-,11+/m1/s1. The number of benzene rings is 1. The predicted octanol–water partition coefficient (Wildman–Crippen LogP) is 2.60. The van der Waals surface area contributed by atoms with Crippen LogP contribution in [-0.2, 0) is 4.79 Å². The molecule has 0 aromatic heterocycles. The zero-order valence-corrected chi connectivity index (χ0v) is 10.4. The SMILES string of the molecule is O=C(O)[C@H](CCCBr)[C@@H](O)c1ccccc1. The zero-order valence-electron chi connectivity index (χ0n) is 8.84. The fourth-order valence-corrected chi connectivity index (χ4v) is 1.92. The minimum Gasteiger partial charge on any atom is -0.481 e. The van der Waals surface area contributed by atoms with Gasteiger partial charge in [-0.3, -0.25) is 4.79 Å². The van der Waals surface area contributed by atoms with Gasteiger partial charge in [-0.25, -0.2) is 0 Å². The second-order valence-corrected chi connectivity index (χ2v) is 4.42. The highest BCUT2D eigenvalue weighted by Crippen LogP contribution is 2.26. The second-order valence-electron chi connectivity index (χ2n) is 3.63. The molecule has 0 aliphatic carbocycles. The number of alkyl halides is 1. The molecule has 1 aromatic rings. The molecule has 2 atom stereocenters. The monoisotopic (exact) mass is 286 g/mol. The van der Waals surface area contributed by atoms with Gasteiger partial charge in [0.25, 0.3) is 0 Å². The molecule has 0 spiro atoms. The number of aliphatic hydroxyl groups is 1. The molecule has 88 valence electrons. The Morgan fingerprint density at radius 3 is 2.44 bits per heavy atom. The Morgan fingerprint density at radius 1 is 1.31 bits per heavy atom. The summed E-state index contributed by atoms with van der Waals surface area (Å²) in [6.07, 6.45) is 0.273. The van der Waals surface area contributed by atoms with E-state index in [1.807, 2.05) is 6.07 Å². The summed E-state index contributed by atoms with van der Waals surface area (Å²) in [6, 6.07) is 8.91. The van der Waals surface area contributed by atoms with Crippen LogP contribution in [0.4, 0.5) is 0 Å². The van der Waals surface area contributed by atoms with Crippen LogP contribution < -0.4 is 0 Å². The number of hydrogen-bond acceptors (Lipinski definition) is 2. The van der Waals surface area contributed by atoms with Gasteiger partial charge in [0, 0.05) is 5.33 Å². The molecule has 0 bridgehead atoms. The molecule has 3 nitrogen and oxygen atoms in total. The third-order valence-electron chi connectivity index (χ3n) is 2.49. The molecule has 0 saturated heterocycles. The van der Waals surface area contributed by atoms with Gasteiger partial charge in [0.1, 0.15) is 0 Å².